The topological polar surface area (TPSA) is 58.6 Å². The summed E-state index contributed by atoms with van der Waals surface area (Å²) < 4.78 is 5.69. The molecule has 1 atom stereocenters. The molecule has 0 aliphatic rings. The lowest BCUT2D eigenvalue weighted by atomic mass is 10.1. The Bertz CT molecular complexity index is 901. The predicted octanol–water partition coefficient (Wildman–Crippen LogP) is 5.67. The van der Waals surface area contributed by atoms with Crippen molar-refractivity contribution in [2.45, 2.75) is 46.2 Å². The van der Waals surface area contributed by atoms with Gasteiger partial charge in [0, 0.05) is 33.7 Å². The number of ether oxygens (including phenoxy) is 1. The zero-order chi connectivity index (χ0) is 23.0. The third-order valence-corrected chi connectivity index (χ3v) is 5.95. The van der Waals surface area contributed by atoms with Gasteiger partial charge in [-0.15, -0.1) is 0 Å². The van der Waals surface area contributed by atoms with E-state index >= 15 is 0 Å². The molecular formula is C23H27Cl3N2O3. The van der Waals surface area contributed by atoms with Gasteiger partial charge in [0.15, 0.2) is 6.61 Å². The molecule has 2 aromatic carbocycles. The number of nitrogens with one attached hydrogen (secondary N) is 1. The van der Waals surface area contributed by atoms with Gasteiger partial charge in [-0.25, -0.2) is 0 Å². The van der Waals surface area contributed by atoms with Gasteiger partial charge in [-0.05, 0) is 55.7 Å². The van der Waals surface area contributed by atoms with E-state index in [-0.39, 0.29) is 25.0 Å². The molecule has 0 unspecified atom stereocenters. The van der Waals surface area contributed by atoms with Crippen LogP contribution >= 0.6 is 34.8 Å². The second-order valence-electron chi connectivity index (χ2n) is 7.14. The summed E-state index contributed by atoms with van der Waals surface area (Å²) in [6.45, 7) is 6.07. The van der Waals surface area contributed by atoms with E-state index < -0.39 is 6.04 Å². The molecule has 8 heteroatoms. The smallest absolute Gasteiger partial charge is 0.261 e. The third kappa shape index (κ3) is 7.03. The molecule has 0 aromatic heterocycles. The lowest BCUT2D eigenvalue weighted by Gasteiger charge is -2.31. The van der Waals surface area contributed by atoms with Crippen molar-refractivity contribution in [3.63, 3.8) is 0 Å². The standard InChI is InChI=1S/C23H27Cl3N2O3/c1-4-11-27-23(30)21(5-2)28(13-17-19(25)7-6-8-20(17)26)22(29)14-31-16-9-10-18(24)15(3)12-16/h6-10,12,21H,4-5,11,13-14H2,1-3H3,(H,27,30)/t21-/m0/s1. The number of carbonyl (C=O) groups is 2. The minimum absolute atomic E-state index is 0.0956. The summed E-state index contributed by atoms with van der Waals surface area (Å²) in [4.78, 5) is 27.4. The first kappa shape index (κ1) is 25.3. The van der Waals surface area contributed by atoms with Crippen LogP contribution in [0.1, 0.15) is 37.8 Å². The number of nitrogens with zero attached hydrogens (tertiary/aromatic N) is 1. The van der Waals surface area contributed by atoms with E-state index in [4.69, 9.17) is 39.5 Å². The van der Waals surface area contributed by atoms with Gasteiger partial charge in [-0.3, -0.25) is 9.59 Å². The fourth-order valence-electron chi connectivity index (χ4n) is 3.07. The summed E-state index contributed by atoms with van der Waals surface area (Å²) in [7, 11) is 0. The van der Waals surface area contributed by atoms with E-state index in [1.54, 1.807) is 36.4 Å². The molecule has 0 radical (unpaired) electrons. The maximum atomic E-state index is 13.2. The van der Waals surface area contributed by atoms with Crippen LogP contribution in [0.15, 0.2) is 36.4 Å². The predicted molar refractivity (Wildman–Crippen MR) is 126 cm³/mol. The van der Waals surface area contributed by atoms with Crippen molar-refractivity contribution in [3.8, 4) is 5.75 Å². The van der Waals surface area contributed by atoms with Crippen LogP contribution < -0.4 is 10.1 Å². The number of hydrogen-bond acceptors (Lipinski definition) is 3. The fourth-order valence-corrected chi connectivity index (χ4v) is 3.71. The largest absolute Gasteiger partial charge is 0.484 e. The molecule has 0 saturated heterocycles. The molecule has 0 heterocycles. The molecule has 2 amide bonds. The fraction of sp³-hybridized carbons (Fsp3) is 0.391. The number of hydrogen-bond donors (Lipinski definition) is 1. The Labute approximate surface area is 198 Å². The third-order valence-electron chi connectivity index (χ3n) is 4.82. The van der Waals surface area contributed by atoms with E-state index in [9.17, 15) is 9.59 Å². The molecule has 5 nitrogen and oxygen atoms in total. The maximum Gasteiger partial charge on any atom is 0.261 e. The quantitative estimate of drug-likeness (QED) is 0.472. The van der Waals surface area contributed by atoms with Gasteiger partial charge < -0.3 is 15.0 Å². The molecule has 1 N–H and O–H groups in total. The van der Waals surface area contributed by atoms with E-state index in [2.05, 4.69) is 5.32 Å². The van der Waals surface area contributed by atoms with Gasteiger partial charge in [0.1, 0.15) is 11.8 Å². The monoisotopic (exact) mass is 484 g/mol. The van der Waals surface area contributed by atoms with Crippen molar-refractivity contribution < 1.29 is 14.3 Å². The first-order chi connectivity index (χ1) is 14.8. The van der Waals surface area contributed by atoms with Gasteiger partial charge in [-0.2, -0.15) is 0 Å². The minimum Gasteiger partial charge on any atom is -0.484 e. The van der Waals surface area contributed by atoms with Crippen molar-refractivity contribution >= 4 is 46.6 Å². The Kier molecular flexibility index (Phi) is 9.94. The molecule has 0 aliphatic heterocycles. The molecule has 0 saturated carbocycles. The summed E-state index contributed by atoms with van der Waals surface area (Å²) in [6, 6.07) is 9.64. The highest BCUT2D eigenvalue weighted by atomic mass is 35.5. The zero-order valence-corrected chi connectivity index (χ0v) is 20.2. The highest BCUT2D eigenvalue weighted by molar-refractivity contribution is 6.36. The van der Waals surface area contributed by atoms with Crippen molar-refractivity contribution in [1.29, 1.82) is 0 Å². The number of benzene rings is 2. The highest BCUT2D eigenvalue weighted by Gasteiger charge is 2.29. The Hall–Kier alpha value is -1.95. The summed E-state index contributed by atoms with van der Waals surface area (Å²) in [5, 5.41) is 4.35. The first-order valence-electron chi connectivity index (χ1n) is 10.2. The molecular weight excluding hydrogens is 459 g/mol. The van der Waals surface area contributed by atoms with Crippen molar-refractivity contribution in [2.75, 3.05) is 13.2 Å². The molecule has 31 heavy (non-hydrogen) atoms. The van der Waals surface area contributed by atoms with E-state index in [0.29, 0.717) is 39.3 Å². The van der Waals surface area contributed by atoms with E-state index in [0.717, 1.165) is 12.0 Å². The lowest BCUT2D eigenvalue weighted by Crippen LogP contribution is -2.50. The number of rotatable bonds is 10. The van der Waals surface area contributed by atoms with Gasteiger partial charge in [0.25, 0.3) is 5.91 Å². The number of aryl methyl sites for hydroxylation is 1. The van der Waals surface area contributed by atoms with Gasteiger partial charge in [-0.1, -0.05) is 54.7 Å². The van der Waals surface area contributed by atoms with Crippen molar-refractivity contribution in [1.82, 2.24) is 10.2 Å². The Balaban J connectivity index is 2.27. The summed E-state index contributed by atoms with van der Waals surface area (Å²) in [5.74, 6) is -0.0419. The summed E-state index contributed by atoms with van der Waals surface area (Å²) in [6.07, 6.45) is 1.23. The van der Waals surface area contributed by atoms with Gasteiger partial charge in [0.2, 0.25) is 5.91 Å². The molecule has 2 aromatic rings. The van der Waals surface area contributed by atoms with Crippen LogP contribution in [0.4, 0.5) is 0 Å². The molecule has 2 rings (SSSR count). The highest BCUT2D eigenvalue weighted by Crippen LogP contribution is 2.27. The molecule has 0 fully saturated rings. The maximum absolute atomic E-state index is 13.2. The van der Waals surface area contributed by atoms with Crippen LogP contribution in [0.2, 0.25) is 15.1 Å². The van der Waals surface area contributed by atoms with Crippen molar-refractivity contribution in [3.05, 3.63) is 62.6 Å². The van der Waals surface area contributed by atoms with Gasteiger partial charge in [0.05, 0.1) is 0 Å². The van der Waals surface area contributed by atoms with Crippen LogP contribution in [0.5, 0.6) is 5.75 Å². The van der Waals surface area contributed by atoms with E-state index in [1.165, 1.54) is 4.90 Å². The first-order valence-corrected chi connectivity index (χ1v) is 11.3. The molecule has 0 spiro atoms. The zero-order valence-electron chi connectivity index (χ0n) is 17.9. The number of amides is 2. The normalized spacial score (nSPS) is 11.7. The Morgan fingerprint density at radius 3 is 2.32 bits per heavy atom. The molecule has 168 valence electrons. The van der Waals surface area contributed by atoms with Crippen LogP contribution in [-0.2, 0) is 16.1 Å². The summed E-state index contributed by atoms with van der Waals surface area (Å²) >= 11 is 18.7. The Morgan fingerprint density at radius 2 is 1.74 bits per heavy atom. The lowest BCUT2D eigenvalue weighted by molar-refractivity contribution is -0.143. The van der Waals surface area contributed by atoms with Crippen LogP contribution in [0.3, 0.4) is 0 Å². The number of halogens is 3. The van der Waals surface area contributed by atoms with Gasteiger partial charge >= 0.3 is 0 Å². The second-order valence-corrected chi connectivity index (χ2v) is 8.36. The average molecular weight is 486 g/mol. The average Bonchev–Trinajstić information content (AvgIpc) is 2.74. The minimum atomic E-state index is -0.679. The second kappa shape index (κ2) is 12.2. The molecule has 0 bridgehead atoms. The van der Waals surface area contributed by atoms with Crippen LogP contribution in [-0.4, -0.2) is 35.9 Å². The Morgan fingerprint density at radius 1 is 1.06 bits per heavy atom. The molecule has 0 aliphatic carbocycles. The van der Waals surface area contributed by atoms with Crippen molar-refractivity contribution in [2.24, 2.45) is 0 Å². The summed E-state index contributed by atoms with van der Waals surface area (Å²) in [5.41, 5.74) is 1.43. The van der Waals surface area contributed by atoms with Crippen LogP contribution in [0, 0.1) is 6.92 Å². The van der Waals surface area contributed by atoms with Crippen LogP contribution in [0.25, 0.3) is 0 Å². The number of carbonyl (C=O) groups excluding carboxylic acids is 2. The van der Waals surface area contributed by atoms with E-state index in [1.807, 2.05) is 20.8 Å². The SMILES string of the molecule is CCCNC(=O)[C@H](CC)N(Cc1c(Cl)cccc1Cl)C(=O)COc1ccc(Cl)c(C)c1.